The third-order valence-electron chi connectivity index (χ3n) is 5.56. The normalized spacial score (nSPS) is 18.1. The van der Waals surface area contributed by atoms with E-state index in [0.29, 0.717) is 17.1 Å². The van der Waals surface area contributed by atoms with Crippen LogP contribution < -0.4 is 20.1 Å². The van der Waals surface area contributed by atoms with Crippen molar-refractivity contribution in [3.05, 3.63) is 59.2 Å². The predicted octanol–water partition coefficient (Wildman–Crippen LogP) is 3.36. The number of amides is 2. The monoisotopic (exact) mass is 394 g/mol. The van der Waals surface area contributed by atoms with E-state index in [0.717, 1.165) is 19.3 Å². The number of carbonyl (C=O) groups excluding carboxylic acids is 2. The second-order valence-corrected chi connectivity index (χ2v) is 7.92. The second-order valence-electron chi connectivity index (χ2n) is 7.92. The van der Waals surface area contributed by atoms with E-state index in [1.54, 1.807) is 18.2 Å². The Balaban J connectivity index is 1.46. The summed E-state index contributed by atoms with van der Waals surface area (Å²) >= 11 is 0. The molecule has 2 aromatic rings. The van der Waals surface area contributed by atoms with Crippen LogP contribution in [0.1, 0.15) is 54.2 Å². The van der Waals surface area contributed by atoms with Gasteiger partial charge in [-0.25, -0.2) is 0 Å². The van der Waals surface area contributed by atoms with Gasteiger partial charge in [-0.05, 0) is 54.5 Å². The highest BCUT2D eigenvalue weighted by Gasteiger charge is 2.29. The van der Waals surface area contributed by atoms with Crippen molar-refractivity contribution < 1.29 is 19.1 Å². The van der Waals surface area contributed by atoms with Crippen LogP contribution in [0.15, 0.2) is 42.5 Å². The number of aryl methyl sites for hydroxylation is 1. The molecule has 2 unspecified atom stereocenters. The van der Waals surface area contributed by atoms with E-state index in [-0.39, 0.29) is 30.6 Å². The summed E-state index contributed by atoms with van der Waals surface area (Å²) in [7, 11) is 0. The summed E-state index contributed by atoms with van der Waals surface area (Å²) in [6.45, 7) is 4.01. The lowest BCUT2D eigenvalue weighted by Gasteiger charge is -2.29. The van der Waals surface area contributed by atoms with E-state index in [2.05, 4.69) is 22.8 Å². The van der Waals surface area contributed by atoms with Gasteiger partial charge in [0.25, 0.3) is 5.91 Å². The highest BCUT2D eigenvalue weighted by molar-refractivity contribution is 5.98. The summed E-state index contributed by atoms with van der Waals surface area (Å²) in [4.78, 5) is 25.8. The summed E-state index contributed by atoms with van der Waals surface area (Å²) < 4.78 is 10.6. The van der Waals surface area contributed by atoms with Gasteiger partial charge in [0.2, 0.25) is 12.7 Å². The zero-order valence-electron chi connectivity index (χ0n) is 16.7. The highest BCUT2D eigenvalue weighted by Crippen LogP contribution is 2.32. The van der Waals surface area contributed by atoms with Gasteiger partial charge in [0.15, 0.2) is 11.5 Å². The molecule has 6 heteroatoms. The van der Waals surface area contributed by atoms with E-state index in [4.69, 9.17) is 9.47 Å². The van der Waals surface area contributed by atoms with Gasteiger partial charge in [-0.1, -0.05) is 38.1 Å². The molecule has 2 aromatic carbocycles. The Morgan fingerprint density at radius 2 is 1.86 bits per heavy atom. The van der Waals surface area contributed by atoms with Crippen LogP contribution in [0.5, 0.6) is 11.5 Å². The molecule has 0 saturated heterocycles. The van der Waals surface area contributed by atoms with Crippen LogP contribution in [0, 0.1) is 5.92 Å². The Morgan fingerprint density at radius 3 is 2.69 bits per heavy atom. The molecule has 0 aromatic heterocycles. The van der Waals surface area contributed by atoms with E-state index >= 15 is 0 Å². The second kappa shape index (κ2) is 8.15. The quantitative estimate of drug-likeness (QED) is 0.815. The van der Waals surface area contributed by atoms with Gasteiger partial charge in [-0.2, -0.15) is 0 Å². The Hall–Kier alpha value is -3.02. The fourth-order valence-electron chi connectivity index (χ4n) is 3.96. The molecule has 2 aliphatic rings. The van der Waals surface area contributed by atoms with Crippen LogP contribution in [0.2, 0.25) is 0 Å². The van der Waals surface area contributed by atoms with E-state index in [9.17, 15) is 9.59 Å². The standard InChI is InChI=1S/C23H26N2O4/c1-14(2)21(25-22(26)16-10-11-19-20(12-16)29-13-28-19)23(27)24-18-9-5-7-15-6-3-4-8-17(15)18/h3-4,6,8,10-12,14,18,21H,5,7,9,13H2,1-2H3,(H,24,27)(H,25,26). The molecule has 152 valence electrons. The van der Waals surface area contributed by atoms with Gasteiger partial charge >= 0.3 is 0 Å². The minimum Gasteiger partial charge on any atom is -0.454 e. The molecule has 0 spiro atoms. The maximum Gasteiger partial charge on any atom is 0.252 e. The molecular formula is C23H26N2O4. The van der Waals surface area contributed by atoms with Gasteiger partial charge in [0.05, 0.1) is 6.04 Å². The first-order chi connectivity index (χ1) is 14.0. The number of rotatable bonds is 5. The SMILES string of the molecule is CC(C)C(NC(=O)c1ccc2c(c1)OCO2)C(=O)NC1CCCc2ccccc21. The zero-order valence-corrected chi connectivity index (χ0v) is 16.7. The molecule has 2 amide bonds. The number of benzene rings is 2. The van der Waals surface area contributed by atoms with Crippen LogP contribution >= 0.6 is 0 Å². The van der Waals surface area contributed by atoms with Crippen molar-refractivity contribution in [3.63, 3.8) is 0 Å². The van der Waals surface area contributed by atoms with Crippen molar-refractivity contribution in [2.75, 3.05) is 6.79 Å². The van der Waals surface area contributed by atoms with Gasteiger partial charge in [0, 0.05) is 5.56 Å². The van der Waals surface area contributed by atoms with Crippen molar-refractivity contribution in [3.8, 4) is 11.5 Å². The molecule has 29 heavy (non-hydrogen) atoms. The van der Waals surface area contributed by atoms with Crippen LogP contribution in [-0.4, -0.2) is 24.6 Å². The van der Waals surface area contributed by atoms with E-state index < -0.39 is 6.04 Å². The minimum absolute atomic E-state index is 0.0175. The average Bonchev–Trinajstić information content (AvgIpc) is 3.19. The Bertz CT molecular complexity index is 925. The molecular weight excluding hydrogens is 368 g/mol. The summed E-state index contributed by atoms with van der Waals surface area (Å²) in [6.07, 6.45) is 2.98. The predicted molar refractivity (Wildman–Crippen MR) is 109 cm³/mol. The maximum absolute atomic E-state index is 13.0. The van der Waals surface area contributed by atoms with Crippen LogP contribution in [0.25, 0.3) is 0 Å². The summed E-state index contributed by atoms with van der Waals surface area (Å²) in [6, 6.07) is 12.6. The molecule has 1 aliphatic heterocycles. The lowest BCUT2D eigenvalue weighted by Crippen LogP contribution is -2.50. The van der Waals surface area contributed by atoms with Crippen molar-refractivity contribution >= 4 is 11.8 Å². The van der Waals surface area contributed by atoms with Crippen LogP contribution in [0.3, 0.4) is 0 Å². The van der Waals surface area contributed by atoms with E-state index in [1.807, 2.05) is 26.0 Å². The highest BCUT2D eigenvalue weighted by atomic mass is 16.7. The van der Waals surface area contributed by atoms with Gasteiger partial charge in [-0.15, -0.1) is 0 Å². The third kappa shape index (κ3) is 4.06. The largest absolute Gasteiger partial charge is 0.454 e. The molecule has 4 rings (SSSR count). The molecule has 0 saturated carbocycles. The smallest absolute Gasteiger partial charge is 0.252 e. The number of hydrogen-bond donors (Lipinski definition) is 2. The Morgan fingerprint density at radius 1 is 1.07 bits per heavy atom. The summed E-state index contributed by atoms with van der Waals surface area (Å²) in [5.74, 6) is 0.654. The van der Waals surface area contributed by atoms with Crippen molar-refractivity contribution in [2.45, 2.75) is 45.2 Å². The fourth-order valence-corrected chi connectivity index (χ4v) is 3.96. The Labute approximate surface area is 170 Å². The fraction of sp³-hybridized carbons (Fsp3) is 0.391. The average molecular weight is 394 g/mol. The zero-order chi connectivity index (χ0) is 20.4. The Kier molecular flexibility index (Phi) is 5.43. The summed E-state index contributed by atoms with van der Waals surface area (Å²) in [5, 5.41) is 6.05. The molecule has 0 bridgehead atoms. The molecule has 1 heterocycles. The van der Waals surface area contributed by atoms with Crippen LogP contribution in [-0.2, 0) is 11.2 Å². The first-order valence-electron chi connectivity index (χ1n) is 10.1. The molecule has 2 N–H and O–H groups in total. The first-order valence-corrected chi connectivity index (χ1v) is 10.1. The lowest BCUT2D eigenvalue weighted by molar-refractivity contribution is -0.124. The van der Waals surface area contributed by atoms with Crippen molar-refractivity contribution in [1.29, 1.82) is 0 Å². The van der Waals surface area contributed by atoms with Gasteiger partial charge in [-0.3, -0.25) is 9.59 Å². The van der Waals surface area contributed by atoms with Crippen LogP contribution in [0.4, 0.5) is 0 Å². The molecule has 6 nitrogen and oxygen atoms in total. The maximum atomic E-state index is 13.0. The van der Waals surface area contributed by atoms with E-state index in [1.165, 1.54) is 11.1 Å². The van der Waals surface area contributed by atoms with Gasteiger partial charge < -0.3 is 20.1 Å². The molecule has 1 aliphatic carbocycles. The van der Waals surface area contributed by atoms with Gasteiger partial charge in [0.1, 0.15) is 6.04 Å². The molecule has 2 atom stereocenters. The topological polar surface area (TPSA) is 76.7 Å². The summed E-state index contributed by atoms with van der Waals surface area (Å²) in [5.41, 5.74) is 2.90. The molecule has 0 fully saturated rings. The first kappa shape index (κ1) is 19.3. The number of fused-ring (bicyclic) bond motifs is 2. The number of hydrogen-bond acceptors (Lipinski definition) is 4. The van der Waals surface area contributed by atoms with Crippen molar-refractivity contribution in [2.24, 2.45) is 5.92 Å². The molecule has 0 radical (unpaired) electrons. The third-order valence-corrected chi connectivity index (χ3v) is 5.56. The number of ether oxygens (including phenoxy) is 2. The lowest BCUT2D eigenvalue weighted by atomic mass is 9.87. The van der Waals surface area contributed by atoms with Crippen molar-refractivity contribution in [1.82, 2.24) is 10.6 Å². The number of carbonyl (C=O) groups is 2. The minimum atomic E-state index is -0.623. The number of nitrogens with one attached hydrogen (secondary N) is 2.